The summed E-state index contributed by atoms with van der Waals surface area (Å²) in [7, 11) is 0. The number of aromatic amines is 1. The fourth-order valence-corrected chi connectivity index (χ4v) is 5.19. The summed E-state index contributed by atoms with van der Waals surface area (Å²) in [5.74, 6) is -0.148. The number of H-pyrrole nitrogens is 1. The van der Waals surface area contributed by atoms with Gasteiger partial charge in [-0.15, -0.1) is 0 Å². The number of alkyl halides is 2. The number of aryl methyl sites for hydroxylation is 1. The van der Waals surface area contributed by atoms with Gasteiger partial charge in [0.05, 0.1) is 29.8 Å². The van der Waals surface area contributed by atoms with Gasteiger partial charge in [-0.3, -0.25) is 0 Å². The Hall–Kier alpha value is -2.80. The van der Waals surface area contributed by atoms with Gasteiger partial charge in [-0.2, -0.15) is 4.98 Å². The van der Waals surface area contributed by atoms with E-state index in [-0.39, 0.29) is 31.1 Å². The topological polar surface area (TPSA) is 111 Å². The SMILES string of the molecule is O[C@@H]1CO[C@H]2[C@@H]1OC[C@H]2Oc1nc2nc(NC3CCc4cc(OCC(F)F)cc(F)c43)c(Cl)cc2[nH]1. The summed E-state index contributed by atoms with van der Waals surface area (Å²) in [6.07, 6.45) is -3.47. The molecule has 5 atom stereocenters. The number of ether oxygens (including phenoxy) is 4. The van der Waals surface area contributed by atoms with Crippen LogP contribution in [0.25, 0.3) is 11.2 Å². The zero-order valence-electron chi connectivity index (χ0n) is 18.7. The summed E-state index contributed by atoms with van der Waals surface area (Å²) in [6.45, 7) is -0.346. The van der Waals surface area contributed by atoms with Crippen LogP contribution >= 0.6 is 11.6 Å². The Morgan fingerprint density at radius 3 is 2.86 bits per heavy atom. The Morgan fingerprint density at radius 1 is 1.19 bits per heavy atom. The third-order valence-electron chi connectivity index (χ3n) is 6.58. The van der Waals surface area contributed by atoms with E-state index in [0.717, 1.165) is 6.07 Å². The molecule has 2 fully saturated rings. The molecule has 3 N–H and O–H groups in total. The zero-order valence-corrected chi connectivity index (χ0v) is 19.5. The van der Waals surface area contributed by atoms with Gasteiger partial charge in [-0.05, 0) is 30.5 Å². The molecule has 0 amide bonds. The Balaban J connectivity index is 1.19. The van der Waals surface area contributed by atoms with Gasteiger partial charge >= 0.3 is 0 Å². The number of nitrogens with zero attached hydrogens (tertiary/aromatic N) is 2. The van der Waals surface area contributed by atoms with Crippen LogP contribution in [0.2, 0.25) is 5.02 Å². The number of rotatable bonds is 7. The van der Waals surface area contributed by atoms with Gasteiger partial charge in [-0.1, -0.05) is 11.6 Å². The van der Waals surface area contributed by atoms with E-state index in [0.29, 0.717) is 46.0 Å². The number of halogens is 4. The minimum atomic E-state index is -2.64. The second kappa shape index (κ2) is 9.25. The number of benzene rings is 1. The molecule has 3 aromatic rings. The number of imidazole rings is 1. The molecule has 13 heteroatoms. The lowest BCUT2D eigenvalue weighted by Gasteiger charge is -2.17. The molecule has 2 saturated heterocycles. The van der Waals surface area contributed by atoms with Gasteiger partial charge in [0.15, 0.2) is 11.8 Å². The molecular weight excluding hydrogens is 505 g/mol. The minimum Gasteiger partial charge on any atom is -0.488 e. The molecule has 0 bridgehead atoms. The van der Waals surface area contributed by atoms with Crippen LogP contribution in [0.4, 0.5) is 19.0 Å². The molecule has 36 heavy (non-hydrogen) atoms. The average Bonchev–Trinajstić information content (AvgIpc) is 3.59. The zero-order chi connectivity index (χ0) is 25.0. The second-order valence-corrected chi connectivity index (χ2v) is 9.37. The van der Waals surface area contributed by atoms with Crippen molar-refractivity contribution in [2.24, 2.45) is 0 Å². The molecule has 2 aromatic heterocycles. The fourth-order valence-electron chi connectivity index (χ4n) is 4.98. The molecular formula is C23H22ClF3N4O5. The van der Waals surface area contributed by atoms with E-state index in [1.165, 1.54) is 0 Å². The first-order chi connectivity index (χ1) is 17.4. The Bertz CT molecular complexity index is 1290. The van der Waals surface area contributed by atoms with E-state index in [4.69, 9.17) is 30.5 Å². The van der Waals surface area contributed by atoms with E-state index in [2.05, 4.69) is 20.3 Å². The maximum atomic E-state index is 14.9. The van der Waals surface area contributed by atoms with Gasteiger partial charge in [0.1, 0.15) is 42.3 Å². The van der Waals surface area contributed by atoms with E-state index in [1.807, 2.05) is 0 Å². The number of pyridine rings is 1. The first-order valence-electron chi connectivity index (χ1n) is 11.5. The number of nitrogens with one attached hydrogen (secondary N) is 2. The van der Waals surface area contributed by atoms with Crippen LogP contribution < -0.4 is 14.8 Å². The van der Waals surface area contributed by atoms with Crippen molar-refractivity contribution in [2.45, 2.75) is 49.7 Å². The van der Waals surface area contributed by atoms with Crippen molar-refractivity contribution in [3.05, 3.63) is 40.2 Å². The van der Waals surface area contributed by atoms with Crippen LogP contribution in [0.5, 0.6) is 11.8 Å². The van der Waals surface area contributed by atoms with Crippen LogP contribution in [0.3, 0.4) is 0 Å². The van der Waals surface area contributed by atoms with E-state index in [1.54, 1.807) is 12.1 Å². The van der Waals surface area contributed by atoms with Crippen LogP contribution in [-0.2, 0) is 15.9 Å². The molecule has 9 nitrogen and oxygen atoms in total. The van der Waals surface area contributed by atoms with Crippen molar-refractivity contribution in [3.63, 3.8) is 0 Å². The van der Waals surface area contributed by atoms with Crippen molar-refractivity contribution < 1.29 is 37.2 Å². The molecule has 4 heterocycles. The Kier molecular flexibility index (Phi) is 6.06. The predicted molar refractivity (Wildman–Crippen MR) is 121 cm³/mol. The van der Waals surface area contributed by atoms with E-state index in [9.17, 15) is 18.3 Å². The van der Waals surface area contributed by atoms with Gasteiger partial charge in [0, 0.05) is 11.6 Å². The summed E-state index contributed by atoms with van der Waals surface area (Å²) < 4.78 is 61.8. The normalized spacial score (nSPS) is 27.0. The molecule has 2 aliphatic heterocycles. The smallest absolute Gasteiger partial charge is 0.296 e. The Morgan fingerprint density at radius 2 is 2.03 bits per heavy atom. The quantitative estimate of drug-likeness (QED) is 0.430. The number of hydrogen-bond donors (Lipinski definition) is 3. The number of fused-ring (bicyclic) bond motifs is 3. The maximum Gasteiger partial charge on any atom is 0.296 e. The highest BCUT2D eigenvalue weighted by molar-refractivity contribution is 6.33. The van der Waals surface area contributed by atoms with Crippen molar-refractivity contribution >= 4 is 28.6 Å². The highest BCUT2D eigenvalue weighted by Gasteiger charge is 2.48. The lowest BCUT2D eigenvalue weighted by atomic mass is 10.1. The molecule has 0 saturated carbocycles. The molecule has 3 aliphatic rings. The summed E-state index contributed by atoms with van der Waals surface area (Å²) in [6, 6.07) is 4.13. The minimum absolute atomic E-state index is 0.0744. The number of hydrogen-bond acceptors (Lipinski definition) is 8. The molecule has 192 valence electrons. The van der Waals surface area contributed by atoms with Crippen LogP contribution in [0, 0.1) is 5.82 Å². The van der Waals surface area contributed by atoms with Crippen LogP contribution in [-0.4, -0.2) is 70.7 Å². The van der Waals surface area contributed by atoms with Gasteiger partial charge in [-0.25, -0.2) is 18.2 Å². The number of aliphatic hydroxyl groups excluding tert-OH is 1. The molecule has 0 spiro atoms. The van der Waals surface area contributed by atoms with Crippen molar-refractivity contribution in [1.29, 1.82) is 0 Å². The molecule has 1 aliphatic carbocycles. The van der Waals surface area contributed by atoms with Crippen molar-refractivity contribution in [1.82, 2.24) is 15.0 Å². The van der Waals surface area contributed by atoms with Crippen LogP contribution in [0.1, 0.15) is 23.6 Å². The highest BCUT2D eigenvalue weighted by atomic mass is 35.5. The summed E-state index contributed by atoms with van der Waals surface area (Å²) in [4.78, 5) is 11.9. The molecule has 1 aromatic carbocycles. The molecule has 0 radical (unpaired) electrons. The third kappa shape index (κ3) is 4.32. The Labute approximate surface area is 207 Å². The van der Waals surface area contributed by atoms with E-state index >= 15 is 0 Å². The first-order valence-corrected chi connectivity index (χ1v) is 11.9. The lowest BCUT2D eigenvalue weighted by Crippen LogP contribution is -2.34. The van der Waals surface area contributed by atoms with Gasteiger partial charge in [0.25, 0.3) is 12.4 Å². The monoisotopic (exact) mass is 526 g/mol. The first kappa shape index (κ1) is 23.6. The molecule has 1 unspecified atom stereocenters. The molecule has 6 rings (SSSR count). The number of aromatic nitrogens is 3. The standard InChI is InChI=1S/C23H22ClF3N4O5/c24-11-5-14-22(31-23(29-14)36-16-7-35-19-15(32)6-34-20(16)19)30-21(11)28-13-2-1-9-3-10(33-8-17(26)27)4-12(25)18(9)13/h3-5,13,15-17,19-20,32H,1-2,6-8H2,(H2,28,29,30,31)/t13?,15-,16-,19-,20-/m1/s1. The van der Waals surface area contributed by atoms with Crippen molar-refractivity contribution in [3.8, 4) is 11.8 Å². The van der Waals surface area contributed by atoms with Gasteiger partial charge < -0.3 is 34.4 Å². The summed E-state index contributed by atoms with van der Waals surface area (Å²) in [5.41, 5.74) is 2.00. The largest absolute Gasteiger partial charge is 0.488 e. The highest BCUT2D eigenvalue weighted by Crippen LogP contribution is 2.39. The average molecular weight is 527 g/mol. The summed E-state index contributed by atoms with van der Waals surface area (Å²) >= 11 is 6.45. The number of anilines is 1. The second-order valence-electron chi connectivity index (χ2n) is 8.97. The summed E-state index contributed by atoms with van der Waals surface area (Å²) in [5, 5.41) is 13.4. The third-order valence-corrected chi connectivity index (χ3v) is 6.86. The predicted octanol–water partition coefficient (Wildman–Crippen LogP) is 3.40. The van der Waals surface area contributed by atoms with E-state index < -0.39 is 43.2 Å². The number of aliphatic hydroxyl groups is 1. The van der Waals surface area contributed by atoms with Gasteiger partial charge in [0.2, 0.25) is 0 Å². The van der Waals surface area contributed by atoms with Crippen LogP contribution in [0.15, 0.2) is 18.2 Å². The van der Waals surface area contributed by atoms with Crippen molar-refractivity contribution in [2.75, 3.05) is 25.1 Å². The fraction of sp³-hybridized carbons (Fsp3) is 0.478. The lowest BCUT2D eigenvalue weighted by molar-refractivity contribution is 0.00706. The maximum absolute atomic E-state index is 14.9.